The molecule has 1 saturated carbocycles. The van der Waals surface area contributed by atoms with Crippen molar-refractivity contribution in [1.82, 2.24) is 14.5 Å². The van der Waals surface area contributed by atoms with E-state index >= 15 is 0 Å². The Balaban J connectivity index is 2.14. The van der Waals surface area contributed by atoms with Crippen molar-refractivity contribution < 1.29 is 0 Å². The van der Waals surface area contributed by atoms with Crippen LogP contribution in [0.2, 0.25) is 0 Å². The molecule has 1 aliphatic rings. The van der Waals surface area contributed by atoms with E-state index in [4.69, 9.17) is 5.73 Å². The molecule has 2 aromatic heterocycles. The highest BCUT2D eigenvalue weighted by atomic mass is 15.2. The third-order valence-corrected chi connectivity index (χ3v) is 4.64. The van der Waals surface area contributed by atoms with Crippen molar-refractivity contribution in [2.45, 2.75) is 38.1 Å². The summed E-state index contributed by atoms with van der Waals surface area (Å²) in [7, 11) is 0. The first kappa shape index (κ1) is 11.7. The first-order valence-corrected chi connectivity index (χ1v) is 7.21. The number of para-hydroxylation sites is 1. The second kappa shape index (κ2) is 3.95. The number of nitrogens with zero attached hydrogens (tertiary/aromatic N) is 3. The molecule has 1 aromatic carbocycles. The smallest absolute Gasteiger partial charge is 0.201 e. The molecule has 0 amide bonds. The van der Waals surface area contributed by atoms with Gasteiger partial charge in [0.25, 0.3) is 0 Å². The van der Waals surface area contributed by atoms with Gasteiger partial charge in [-0.05, 0) is 25.8 Å². The summed E-state index contributed by atoms with van der Waals surface area (Å²) in [5, 5.41) is 1.14. The van der Waals surface area contributed by atoms with Gasteiger partial charge in [0.15, 0.2) is 0 Å². The van der Waals surface area contributed by atoms with Gasteiger partial charge in [0.1, 0.15) is 5.52 Å². The molecule has 1 fully saturated rings. The van der Waals surface area contributed by atoms with Crippen molar-refractivity contribution in [3.05, 3.63) is 30.5 Å². The molecule has 3 aromatic rings. The lowest BCUT2D eigenvalue weighted by atomic mass is 9.99. The van der Waals surface area contributed by atoms with Gasteiger partial charge in [-0.25, -0.2) is 4.98 Å². The molecule has 0 radical (unpaired) electrons. The van der Waals surface area contributed by atoms with Crippen LogP contribution in [0.1, 0.15) is 32.6 Å². The van der Waals surface area contributed by atoms with Crippen LogP contribution in [0.25, 0.3) is 21.9 Å². The number of imidazole rings is 1. The minimum Gasteiger partial charge on any atom is -0.369 e. The highest BCUT2D eigenvalue weighted by Crippen LogP contribution is 2.41. The molecular formula is C16H18N4. The Labute approximate surface area is 117 Å². The predicted molar refractivity (Wildman–Crippen MR) is 81.6 cm³/mol. The van der Waals surface area contributed by atoms with Crippen LogP contribution in [-0.4, -0.2) is 14.5 Å². The number of rotatable bonds is 1. The number of fused-ring (bicyclic) bond motifs is 3. The predicted octanol–water partition coefficient (Wildman–Crippen LogP) is 3.46. The molecule has 102 valence electrons. The molecule has 2 N–H and O–H groups in total. The van der Waals surface area contributed by atoms with Crippen molar-refractivity contribution in [3.8, 4) is 0 Å². The number of nitrogens with two attached hydrogens (primary N) is 1. The van der Waals surface area contributed by atoms with Gasteiger partial charge in [-0.3, -0.25) is 4.98 Å². The lowest BCUT2D eigenvalue weighted by molar-refractivity contribution is 0.344. The summed E-state index contributed by atoms with van der Waals surface area (Å²) >= 11 is 0. The zero-order valence-electron chi connectivity index (χ0n) is 11.6. The van der Waals surface area contributed by atoms with Gasteiger partial charge in [-0.1, -0.05) is 31.0 Å². The van der Waals surface area contributed by atoms with E-state index in [-0.39, 0.29) is 5.54 Å². The quantitative estimate of drug-likeness (QED) is 0.734. The Morgan fingerprint density at radius 2 is 1.90 bits per heavy atom. The number of benzene rings is 1. The minimum atomic E-state index is 0.0863. The zero-order chi connectivity index (χ0) is 13.7. The molecule has 4 heteroatoms. The molecular weight excluding hydrogens is 248 g/mol. The van der Waals surface area contributed by atoms with Gasteiger partial charge in [-0.15, -0.1) is 0 Å². The van der Waals surface area contributed by atoms with Crippen LogP contribution >= 0.6 is 0 Å². The third-order valence-electron chi connectivity index (χ3n) is 4.64. The fourth-order valence-electron chi connectivity index (χ4n) is 3.63. The van der Waals surface area contributed by atoms with E-state index in [0.717, 1.165) is 21.9 Å². The van der Waals surface area contributed by atoms with Crippen LogP contribution in [0, 0.1) is 0 Å². The monoisotopic (exact) mass is 266 g/mol. The van der Waals surface area contributed by atoms with Gasteiger partial charge in [0.2, 0.25) is 5.95 Å². The van der Waals surface area contributed by atoms with Gasteiger partial charge in [-0.2, -0.15) is 0 Å². The van der Waals surface area contributed by atoms with E-state index in [9.17, 15) is 0 Å². The molecule has 20 heavy (non-hydrogen) atoms. The standard InChI is InChI=1S/C16H18N4/c1-16(8-4-5-9-16)20-14-11-6-2-3-7-12(11)18-10-13(14)19-15(20)17/h2-3,6-7,10H,4-5,8-9H2,1H3,(H2,17,19). The van der Waals surface area contributed by atoms with Gasteiger partial charge in [0.05, 0.1) is 17.2 Å². The summed E-state index contributed by atoms with van der Waals surface area (Å²) in [5.74, 6) is 0.613. The fraction of sp³-hybridized carbons (Fsp3) is 0.375. The van der Waals surface area contributed by atoms with Gasteiger partial charge < -0.3 is 10.3 Å². The van der Waals surface area contributed by atoms with Crippen LogP contribution in [0.15, 0.2) is 30.5 Å². The minimum absolute atomic E-state index is 0.0863. The number of hydrogen-bond acceptors (Lipinski definition) is 3. The van der Waals surface area contributed by atoms with Crippen LogP contribution in [-0.2, 0) is 5.54 Å². The molecule has 4 nitrogen and oxygen atoms in total. The Morgan fingerprint density at radius 3 is 2.70 bits per heavy atom. The summed E-state index contributed by atoms with van der Waals surface area (Å²) in [6.07, 6.45) is 6.69. The first-order chi connectivity index (χ1) is 9.69. The summed E-state index contributed by atoms with van der Waals surface area (Å²) < 4.78 is 2.25. The number of nitrogen functional groups attached to an aromatic ring is 1. The molecule has 0 aliphatic heterocycles. The zero-order valence-corrected chi connectivity index (χ0v) is 11.6. The van der Waals surface area contributed by atoms with E-state index in [1.165, 1.54) is 25.7 Å². The number of pyridine rings is 1. The number of aromatic nitrogens is 3. The lowest BCUT2D eigenvalue weighted by Gasteiger charge is -2.28. The molecule has 0 bridgehead atoms. The van der Waals surface area contributed by atoms with Crippen LogP contribution < -0.4 is 5.73 Å². The maximum atomic E-state index is 6.23. The second-order valence-corrected chi connectivity index (χ2v) is 6.02. The maximum absolute atomic E-state index is 6.23. The molecule has 0 spiro atoms. The summed E-state index contributed by atoms with van der Waals surface area (Å²) in [6.45, 7) is 2.30. The normalized spacial score (nSPS) is 18.1. The summed E-state index contributed by atoms with van der Waals surface area (Å²) in [6, 6.07) is 8.22. The molecule has 0 saturated heterocycles. The number of hydrogen-bond donors (Lipinski definition) is 1. The van der Waals surface area contributed by atoms with Crippen molar-refractivity contribution in [2.24, 2.45) is 0 Å². The van der Waals surface area contributed by atoms with Gasteiger partial charge in [0, 0.05) is 10.9 Å². The maximum Gasteiger partial charge on any atom is 0.201 e. The Hall–Kier alpha value is -2.10. The van der Waals surface area contributed by atoms with Crippen LogP contribution in [0.5, 0.6) is 0 Å². The summed E-state index contributed by atoms with van der Waals surface area (Å²) in [5.41, 5.74) is 9.36. The Morgan fingerprint density at radius 1 is 1.15 bits per heavy atom. The number of anilines is 1. The highest BCUT2D eigenvalue weighted by molar-refractivity contribution is 6.03. The fourth-order valence-corrected chi connectivity index (χ4v) is 3.63. The topological polar surface area (TPSA) is 56.7 Å². The second-order valence-electron chi connectivity index (χ2n) is 6.02. The Kier molecular flexibility index (Phi) is 2.31. The van der Waals surface area contributed by atoms with E-state index < -0.39 is 0 Å². The average Bonchev–Trinajstić information content (AvgIpc) is 3.02. The molecule has 2 heterocycles. The third kappa shape index (κ3) is 1.48. The average molecular weight is 266 g/mol. The van der Waals surface area contributed by atoms with Crippen molar-refractivity contribution >= 4 is 27.9 Å². The summed E-state index contributed by atoms with van der Waals surface area (Å²) in [4.78, 5) is 9.01. The van der Waals surface area contributed by atoms with E-state index in [1.54, 1.807) is 0 Å². The largest absolute Gasteiger partial charge is 0.369 e. The van der Waals surface area contributed by atoms with Crippen LogP contribution in [0.3, 0.4) is 0 Å². The highest BCUT2D eigenvalue weighted by Gasteiger charge is 2.34. The molecule has 0 atom stereocenters. The molecule has 1 aliphatic carbocycles. The van der Waals surface area contributed by atoms with E-state index in [2.05, 4.69) is 27.5 Å². The van der Waals surface area contributed by atoms with Crippen molar-refractivity contribution in [1.29, 1.82) is 0 Å². The van der Waals surface area contributed by atoms with Gasteiger partial charge >= 0.3 is 0 Å². The Bertz CT molecular complexity index is 797. The van der Waals surface area contributed by atoms with Crippen LogP contribution in [0.4, 0.5) is 5.95 Å². The van der Waals surface area contributed by atoms with Crippen molar-refractivity contribution in [3.63, 3.8) is 0 Å². The lowest BCUT2D eigenvalue weighted by Crippen LogP contribution is -2.27. The first-order valence-electron chi connectivity index (χ1n) is 7.21. The SMILES string of the molecule is CC1(n2c(N)nc3cnc4ccccc4c32)CCCC1. The molecule has 4 rings (SSSR count). The van der Waals surface area contributed by atoms with E-state index in [1.807, 2.05) is 24.4 Å². The van der Waals surface area contributed by atoms with E-state index in [0.29, 0.717) is 5.95 Å². The van der Waals surface area contributed by atoms with Crippen molar-refractivity contribution in [2.75, 3.05) is 5.73 Å². The molecule has 0 unspecified atom stereocenters.